The number of aromatic nitrogens is 8. The van der Waals surface area contributed by atoms with Crippen LogP contribution >= 0.6 is 0 Å². The maximum atomic E-state index is 15.9. The molecule has 0 radical (unpaired) electrons. The number of pyridine rings is 1. The van der Waals surface area contributed by atoms with Crippen LogP contribution < -0.4 is 25.0 Å². The van der Waals surface area contributed by atoms with Crippen molar-refractivity contribution < 1.29 is 46.5 Å². The number of methoxy groups -OCH3 is 1. The van der Waals surface area contributed by atoms with E-state index in [4.69, 9.17) is 24.2 Å². The molecule has 3 aliphatic heterocycles. The van der Waals surface area contributed by atoms with Gasteiger partial charge in [-0.3, -0.25) is 19.7 Å². The zero-order valence-electron chi connectivity index (χ0n) is 44.8. The van der Waals surface area contributed by atoms with Crippen molar-refractivity contribution in [3.63, 3.8) is 0 Å². The Morgan fingerprint density at radius 1 is 0.912 bits per heavy atom. The van der Waals surface area contributed by atoms with Crippen LogP contribution in [0.3, 0.4) is 0 Å². The highest BCUT2D eigenvalue weighted by Gasteiger charge is 2.45. The minimum atomic E-state index is -4.97. The number of nitrogens with one attached hydrogen (secondary N) is 3. The molecule has 7 atom stereocenters. The summed E-state index contributed by atoms with van der Waals surface area (Å²) >= 11 is 0. The Hall–Kier alpha value is -8.08. The second-order valence-electron chi connectivity index (χ2n) is 21.3. The van der Waals surface area contributed by atoms with E-state index in [9.17, 15) is 14.7 Å². The Balaban J connectivity index is 0.881. The van der Waals surface area contributed by atoms with Gasteiger partial charge in [0.25, 0.3) is 0 Å². The number of hydrogen-bond acceptors (Lipinski definition) is 14. The number of amides is 2. The molecule has 4 N–H and O–H groups in total. The fourth-order valence-electron chi connectivity index (χ4n) is 11.2. The molecule has 2 amide bonds. The Labute approximate surface area is 457 Å². The fourth-order valence-corrected chi connectivity index (χ4v) is 11.2. The number of aliphatic hydroxyl groups excluding tert-OH is 1. The first-order valence-electron chi connectivity index (χ1n) is 26.6. The molecule has 3 fully saturated rings. The number of piperazine rings is 1. The SMILES string of the molecule is CO[C@@H](C)COc1nc(N2C[C@@H]3C[C@H]2CN3)c2cc(C(F)(F)F)c(-c3c(C)c(F)cc4[nH]ncc34)c(OCc3ccc(-c4cn([C@H](C(=O)N5C[C@H](O)C[C@H]5C(=O)N[C@@H](C)c5ccc(-c6cccnc6)cc5)C(C)C)nn4)cc3)c2n1. The molecule has 22 heteroatoms. The quantitative estimate of drug-likeness (QED) is 0.0630. The minimum Gasteiger partial charge on any atom is -0.486 e. The smallest absolute Gasteiger partial charge is 0.417 e. The number of benzene rings is 4. The van der Waals surface area contributed by atoms with E-state index in [2.05, 4.69) is 36.1 Å². The van der Waals surface area contributed by atoms with Gasteiger partial charge in [0.1, 0.15) is 48.1 Å². The van der Waals surface area contributed by atoms with Crippen molar-refractivity contribution in [3.8, 4) is 45.3 Å². The number of hydrogen-bond donors (Lipinski definition) is 4. The third kappa shape index (κ3) is 10.5. The summed E-state index contributed by atoms with van der Waals surface area (Å²) in [7, 11) is 1.53. The van der Waals surface area contributed by atoms with Crippen LogP contribution in [0.25, 0.3) is 55.3 Å². The normalized spacial score (nSPS) is 19.3. The number of aliphatic hydroxyl groups is 1. The van der Waals surface area contributed by atoms with E-state index in [1.807, 2.05) is 62.1 Å². The van der Waals surface area contributed by atoms with E-state index in [1.165, 1.54) is 35.9 Å². The number of likely N-dealkylation sites (tertiary alicyclic amines) is 1. The first-order chi connectivity index (χ1) is 38.4. The van der Waals surface area contributed by atoms with Crippen molar-refractivity contribution in [1.82, 2.24) is 55.7 Å². The van der Waals surface area contributed by atoms with Gasteiger partial charge in [-0.15, -0.1) is 5.10 Å². The average Bonchev–Trinajstić information content (AvgIpc) is 4.42. The summed E-state index contributed by atoms with van der Waals surface area (Å²) in [6, 6.07) is 18.5. The van der Waals surface area contributed by atoms with Gasteiger partial charge in [0.2, 0.25) is 11.8 Å². The molecule has 8 aromatic rings. The summed E-state index contributed by atoms with van der Waals surface area (Å²) < 4.78 is 83.0. The van der Waals surface area contributed by atoms with Crippen LogP contribution in [0.1, 0.15) is 74.9 Å². The Morgan fingerprint density at radius 2 is 1.69 bits per heavy atom. The molecule has 0 spiro atoms. The van der Waals surface area contributed by atoms with E-state index in [1.54, 1.807) is 49.8 Å². The van der Waals surface area contributed by atoms with Crippen LogP contribution in [0.15, 0.2) is 97.6 Å². The maximum Gasteiger partial charge on any atom is 0.417 e. The Bertz CT molecular complexity index is 3580. The standard InChI is InChI=1S/C58H60F4N12O6/c1-30(2)52(56(77)73-26-41(75)19-48(73)55(76)66-33(5)35-13-15-36(16-14-35)38-8-7-17-63-22-38)74-27-47(70-71-74)37-11-9-34(10-12-37)29-79-53-50(49-32(4)45(59)21-46-43(49)24-65-69-46)44(58(60,61)62)20-42-51(53)67-57(80-28-31(3)78-6)68-54(42)72-25-39-18-40(72)23-64-39/h7-17,20-22,24,27,30-31,33,39-41,48,52,64,75H,18-19,23,25-26,28-29H2,1-6H3,(H,65,69)(H,66,76)/t31-,33-,39-,40-,41+,48-,52-/m0/s1. The lowest BCUT2D eigenvalue weighted by Crippen LogP contribution is -2.49. The molecular formula is C58H60F4N12O6. The minimum absolute atomic E-state index is 0.0322. The molecule has 80 heavy (non-hydrogen) atoms. The first kappa shape index (κ1) is 53.9. The van der Waals surface area contributed by atoms with Crippen molar-refractivity contribution in [2.45, 2.75) is 103 Å². The molecule has 4 aromatic heterocycles. The lowest BCUT2D eigenvalue weighted by molar-refractivity contribution is -0.142. The molecule has 18 nitrogen and oxygen atoms in total. The highest BCUT2D eigenvalue weighted by atomic mass is 19.4. The van der Waals surface area contributed by atoms with Gasteiger partial charge >= 0.3 is 12.2 Å². The molecule has 11 rings (SSSR count). The molecule has 0 aliphatic carbocycles. The van der Waals surface area contributed by atoms with Gasteiger partial charge < -0.3 is 39.8 Å². The largest absolute Gasteiger partial charge is 0.486 e. The zero-order chi connectivity index (χ0) is 56.1. The summed E-state index contributed by atoms with van der Waals surface area (Å²) in [5.74, 6) is -1.86. The van der Waals surface area contributed by atoms with Gasteiger partial charge in [-0.1, -0.05) is 73.7 Å². The molecule has 416 valence electrons. The van der Waals surface area contributed by atoms with Crippen LogP contribution in [0, 0.1) is 18.7 Å². The van der Waals surface area contributed by atoms with Crippen LogP contribution in [0.2, 0.25) is 0 Å². The van der Waals surface area contributed by atoms with Crippen LogP contribution in [0.5, 0.6) is 11.8 Å². The lowest BCUT2D eigenvalue weighted by atomic mass is 9.90. The third-order valence-electron chi connectivity index (χ3n) is 15.5. The van der Waals surface area contributed by atoms with Gasteiger partial charge in [-0.2, -0.15) is 28.2 Å². The average molecular weight is 1100 g/mol. The molecule has 0 unspecified atom stereocenters. The van der Waals surface area contributed by atoms with E-state index in [-0.39, 0.29) is 101 Å². The van der Waals surface area contributed by atoms with Crippen molar-refractivity contribution >= 4 is 39.4 Å². The zero-order valence-corrected chi connectivity index (χ0v) is 44.8. The third-order valence-corrected chi connectivity index (χ3v) is 15.5. The number of anilines is 1. The Kier molecular flexibility index (Phi) is 14.7. The number of H-pyrrole nitrogens is 1. The van der Waals surface area contributed by atoms with E-state index < -0.39 is 59.2 Å². The van der Waals surface area contributed by atoms with E-state index in [0.29, 0.717) is 29.9 Å². The summed E-state index contributed by atoms with van der Waals surface area (Å²) in [6.07, 6.45) is 1.06. The Morgan fingerprint density at radius 3 is 2.38 bits per heavy atom. The van der Waals surface area contributed by atoms with Crippen molar-refractivity contribution in [3.05, 3.63) is 126 Å². The predicted molar refractivity (Wildman–Crippen MR) is 290 cm³/mol. The summed E-state index contributed by atoms with van der Waals surface area (Å²) in [6.45, 7) is 9.64. The van der Waals surface area contributed by atoms with Gasteiger partial charge in [0.05, 0.1) is 41.7 Å². The van der Waals surface area contributed by atoms with Crippen LogP contribution in [0.4, 0.5) is 23.4 Å². The molecule has 3 aliphatic rings. The van der Waals surface area contributed by atoms with Gasteiger partial charge in [-0.25, -0.2) is 9.07 Å². The second kappa shape index (κ2) is 21.9. The summed E-state index contributed by atoms with van der Waals surface area (Å²) in [4.78, 5) is 45.6. The fraction of sp³-hybridized carbons (Fsp3) is 0.379. The predicted octanol–water partition coefficient (Wildman–Crippen LogP) is 8.54. The highest BCUT2D eigenvalue weighted by Crippen LogP contribution is 2.51. The number of fused-ring (bicyclic) bond motifs is 4. The summed E-state index contributed by atoms with van der Waals surface area (Å²) in [5, 5.41) is 33.3. The number of aromatic amines is 1. The lowest BCUT2D eigenvalue weighted by Gasteiger charge is -2.30. The number of halogens is 4. The van der Waals surface area contributed by atoms with Crippen molar-refractivity contribution in [1.29, 1.82) is 0 Å². The highest BCUT2D eigenvalue weighted by molar-refractivity contribution is 6.06. The van der Waals surface area contributed by atoms with E-state index >= 15 is 17.6 Å². The second-order valence-corrected chi connectivity index (χ2v) is 21.3. The van der Waals surface area contributed by atoms with Crippen molar-refractivity contribution in [2.75, 3.05) is 38.3 Å². The number of rotatable bonds is 17. The monoisotopic (exact) mass is 1100 g/mol. The molecule has 4 aromatic carbocycles. The van der Waals surface area contributed by atoms with E-state index in [0.717, 1.165) is 29.2 Å². The summed E-state index contributed by atoms with van der Waals surface area (Å²) in [5.41, 5.74) is 2.98. The van der Waals surface area contributed by atoms with Gasteiger partial charge in [0.15, 0.2) is 5.75 Å². The molecule has 3 saturated heterocycles. The number of nitrogens with zero attached hydrogens (tertiary/aromatic N) is 9. The molecule has 7 heterocycles. The number of alkyl halides is 3. The van der Waals surface area contributed by atoms with Crippen LogP contribution in [-0.4, -0.2) is 126 Å². The van der Waals surface area contributed by atoms with Gasteiger partial charge in [-0.05, 0) is 79.1 Å². The topological polar surface area (TPSA) is 211 Å². The molecule has 2 bridgehead atoms. The number of carbonyl (C=O) groups excluding carboxylic acids is 2. The van der Waals surface area contributed by atoms with Gasteiger partial charge in [0, 0.05) is 85.1 Å². The first-order valence-corrected chi connectivity index (χ1v) is 26.6. The number of ether oxygens (including phenoxy) is 3. The number of β-amino-alcohol motifs (C(OH)–C–C–N with tert-alkyl or cyclic N) is 1. The molecule has 0 saturated carbocycles. The maximum absolute atomic E-state index is 15.9. The van der Waals surface area contributed by atoms with Crippen molar-refractivity contribution in [2.24, 2.45) is 5.92 Å². The van der Waals surface area contributed by atoms with Crippen LogP contribution in [-0.2, 0) is 27.1 Å². The molecular weight excluding hydrogens is 1040 g/mol. The number of carbonyl (C=O) groups is 2.